The summed E-state index contributed by atoms with van der Waals surface area (Å²) in [5.74, 6) is -1.89. The van der Waals surface area contributed by atoms with Gasteiger partial charge in [0.15, 0.2) is 0 Å². The van der Waals surface area contributed by atoms with Crippen molar-refractivity contribution in [2.45, 2.75) is 37.5 Å². The molecule has 0 aromatic heterocycles. The van der Waals surface area contributed by atoms with Crippen LogP contribution in [0, 0.1) is 0 Å². The summed E-state index contributed by atoms with van der Waals surface area (Å²) in [7, 11) is 0. The summed E-state index contributed by atoms with van der Waals surface area (Å²) in [5.41, 5.74) is -1.10. The van der Waals surface area contributed by atoms with Crippen molar-refractivity contribution in [1.82, 2.24) is 0 Å². The van der Waals surface area contributed by atoms with E-state index in [4.69, 9.17) is 0 Å². The lowest BCUT2D eigenvalue weighted by atomic mass is 9.63. The van der Waals surface area contributed by atoms with Crippen LogP contribution in [-0.2, 0) is 20.4 Å². The lowest BCUT2D eigenvalue weighted by molar-refractivity contribution is -0.144. The summed E-state index contributed by atoms with van der Waals surface area (Å²) in [6.45, 7) is 3.60. The fourth-order valence-corrected chi connectivity index (χ4v) is 3.02. The van der Waals surface area contributed by atoms with Gasteiger partial charge in [0, 0.05) is 0 Å². The maximum Gasteiger partial charge on any atom is 0.318 e. The van der Waals surface area contributed by atoms with Gasteiger partial charge in [0.2, 0.25) is 0 Å². The Morgan fingerprint density at radius 2 is 1.25 bits per heavy atom. The highest BCUT2D eigenvalue weighted by Crippen LogP contribution is 2.45. The summed E-state index contributed by atoms with van der Waals surface area (Å²) in [4.78, 5) is 23.5. The number of aliphatic carboxylic acids is 2. The van der Waals surface area contributed by atoms with Crippen LogP contribution in [0.2, 0.25) is 0 Å². The summed E-state index contributed by atoms with van der Waals surface area (Å²) >= 11 is 0. The van der Waals surface area contributed by atoms with E-state index in [0.717, 1.165) is 0 Å². The smallest absolute Gasteiger partial charge is 0.318 e. The molecule has 1 aromatic rings. The molecule has 0 aliphatic heterocycles. The van der Waals surface area contributed by atoms with Crippen molar-refractivity contribution in [1.29, 1.82) is 0 Å². The van der Waals surface area contributed by atoms with Crippen molar-refractivity contribution in [3.8, 4) is 0 Å². The van der Waals surface area contributed by atoms with E-state index in [1.807, 2.05) is 0 Å². The lowest BCUT2D eigenvalue weighted by Gasteiger charge is -2.38. The fourth-order valence-electron chi connectivity index (χ4n) is 3.02. The summed E-state index contributed by atoms with van der Waals surface area (Å²) in [6.07, 6.45) is 3.87. The van der Waals surface area contributed by atoms with Gasteiger partial charge < -0.3 is 10.2 Å². The molecule has 1 aliphatic carbocycles. The van der Waals surface area contributed by atoms with E-state index in [9.17, 15) is 19.8 Å². The molecule has 0 heterocycles. The Hall–Kier alpha value is -2.10. The van der Waals surface area contributed by atoms with Gasteiger partial charge in [-0.15, -0.1) is 0 Å². The van der Waals surface area contributed by atoms with E-state index in [1.54, 1.807) is 50.3 Å². The first-order valence-electron chi connectivity index (χ1n) is 6.71. The molecule has 4 heteroatoms. The van der Waals surface area contributed by atoms with Gasteiger partial charge in [-0.3, -0.25) is 9.59 Å². The van der Waals surface area contributed by atoms with Crippen LogP contribution < -0.4 is 0 Å². The topological polar surface area (TPSA) is 74.6 Å². The molecule has 0 spiro atoms. The standard InChI is InChI=1S/C16H18O4/c1-3-15(13(17)18)9-10-16(4-2,14(19)20)12-8-6-5-7-11(12)15/h5-10H,3-4H2,1-2H3,(H,17,18)(H,19,20)/t15-,16+. The van der Waals surface area contributed by atoms with Gasteiger partial charge >= 0.3 is 11.9 Å². The van der Waals surface area contributed by atoms with Crippen molar-refractivity contribution in [2.24, 2.45) is 0 Å². The normalized spacial score (nSPS) is 27.9. The molecule has 0 radical (unpaired) electrons. The lowest BCUT2D eigenvalue weighted by Crippen LogP contribution is -2.44. The van der Waals surface area contributed by atoms with Gasteiger partial charge in [-0.25, -0.2) is 0 Å². The molecule has 20 heavy (non-hydrogen) atoms. The third-order valence-corrected chi connectivity index (χ3v) is 4.42. The molecule has 0 amide bonds. The number of benzene rings is 1. The number of hydrogen-bond donors (Lipinski definition) is 2. The van der Waals surface area contributed by atoms with Crippen molar-refractivity contribution in [3.63, 3.8) is 0 Å². The largest absolute Gasteiger partial charge is 0.480 e. The number of carboxylic acids is 2. The third-order valence-electron chi connectivity index (χ3n) is 4.42. The first-order chi connectivity index (χ1) is 9.44. The quantitative estimate of drug-likeness (QED) is 0.828. The van der Waals surface area contributed by atoms with Crippen LogP contribution in [0.3, 0.4) is 0 Å². The van der Waals surface area contributed by atoms with E-state index < -0.39 is 22.8 Å². The average Bonchev–Trinajstić information content (AvgIpc) is 2.45. The first kappa shape index (κ1) is 14.3. The Kier molecular flexibility index (Phi) is 3.42. The van der Waals surface area contributed by atoms with Crippen LogP contribution in [0.5, 0.6) is 0 Å². The van der Waals surface area contributed by atoms with Crippen LogP contribution in [0.1, 0.15) is 37.8 Å². The zero-order valence-electron chi connectivity index (χ0n) is 11.6. The van der Waals surface area contributed by atoms with Crippen molar-refractivity contribution < 1.29 is 19.8 Å². The molecule has 0 fully saturated rings. The Morgan fingerprint density at radius 3 is 1.50 bits per heavy atom. The highest BCUT2D eigenvalue weighted by molar-refractivity contribution is 5.91. The third kappa shape index (κ3) is 1.68. The Labute approximate surface area is 117 Å². The van der Waals surface area contributed by atoms with Gasteiger partial charge in [-0.2, -0.15) is 0 Å². The van der Waals surface area contributed by atoms with Crippen LogP contribution in [0.25, 0.3) is 0 Å². The predicted octanol–water partition coefficient (Wildman–Crippen LogP) is 2.72. The molecule has 0 bridgehead atoms. The highest BCUT2D eigenvalue weighted by Gasteiger charge is 2.48. The molecule has 2 N–H and O–H groups in total. The molecule has 2 rings (SSSR count). The zero-order valence-corrected chi connectivity index (χ0v) is 11.6. The average molecular weight is 274 g/mol. The zero-order chi connectivity index (χ0) is 15.0. The van der Waals surface area contributed by atoms with Gasteiger partial charge in [0.25, 0.3) is 0 Å². The molecular weight excluding hydrogens is 256 g/mol. The van der Waals surface area contributed by atoms with Crippen LogP contribution >= 0.6 is 0 Å². The summed E-state index contributed by atoms with van der Waals surface area (Å²) in [6, 6.07) is 6.97. The first-order valence-corrected chi connectivity index (χ1v) is 6.71. The van der Waals surface area contributed by atoms with E-state index in [0.29, 0.717) is 24.0 Å². The van der Waals surface area contributed by atoms with Gasteiger partial charge in [-0.1, -0.05) is 50.3 Å². The number of hydrogen-bond acceptors (Lipinski definition) is 2. The van der Waals surface area contributed by atoms with Gasteiger partial charge in [0.05, 0.1) is 0 Å². The minimum Gasteiger partial charge on any atom is -0.480 e. The molecule has 0 saturated carbocycles. The fraction of sp³-hybridized carbons (Fsp3) is 0.375. The monoisotopic (exact) mass is 274 g/mol. The molecular formula is C16H18O4. The molecule has 0 unspecified atom stereocenters. The highest BCUT2D eigenvalue weighted by atomic mass is 16.4. The predicted molar refractivity (Wildman–Crippen MR) is 74.8 cm³/mol. The number of carboxylic acid groups (broad SMARTS) is 2. The van der Waals surface area contributed by atoms with E-state index in [1.165, 1.54) is 0 Å². The number of carbonyl (C=O) groups is 2. The van der Waals surface area contributed by atoms with E-state index in [-0.39, 0.29) is 0 Å². The molecule has 1 aliphatic rings. The second-order valence-corrected chi connectivity index (χ2v) is 5.14. The van der Waals surface area contributed by atoms with Gasteiger partial charge in [0.1, 0.15) is 10.8 Å². The van der Waals surface area contributed by atoms with E-state index >= 15 is 0 Å². The second-order valence-electron chi connectivity index (χ2n) is 5.14. The summed E-state index contributed by atoms with van der Waals surface area (Å²) < 4.78 is 0. The van der Waals surface area contributed by atoms with Crippen LogP contribution in [0.15, 0.2) is 36.4 Å². The minimum absolute atomic E-state index is 0.384. The molecule has 0 saturated heterocycles. The maximum atomic E-state index is 11.7. The molecule has 106 valence electrons. The molecule has 1 aromatic carbocycles. The van der Waals surface area contributed by atoms with Crippen molar-refractivity contribution in [3.05, 3.63) is 47.5 Å². The van der Waals surface area contributed by atoms with Crippen molar-refractivity contribution in [2.75, 3.05) is 0 Å². The number of fused-ring (bicyclic) bond motifs is 1. The van der Waals surface area contributed by atoms with Crippen LogP contribution in [0.4, 0.5) is 0 Å². The van der Waals surface area contributed by atoms with Crippen LogP contribution in [-0.4, -0.2) is 22.2 Å². The van der Waals surface area contributed by atoms with Crippen molar-refractivity contribution >= 4 is 11.9 Å². The number of rotatable bonds is 4. The Balaban J connectivity index is 2.80. The minimum atomic E-state index is -1.13. The Morgan fingerprint density at radius 1 is 0.900 bits per heavy atom. The second kappa shape index (κ2) is 4.78. The van der Waals surface area contributed by atoms with Gasteiger partial charge in [-0.05, 0) is 24.0 Å². The SMILES string of the molecule is CC[C@]1(C(=O)O)C=C[C@@](CC)(C(=O)O)c2ccccc21. The maximum absolute atomic E-state index is 11.7. The Bertz CT molecular complexity index is 539. The molecule has 2 atom stereocenters. The molecule has 4 nitrogen and oxygen atoms in total. The summed E-state index contributed by atoms with van der Waals surface area (Å²) in [5, 5.41) is 19.2. The van der Waals surface area contributed by atoms with E-state index in [2.05, 4.69) is 0 Å².